The molecule has 0 radical (unpaired) electrons. The summed E-state index contributed by atoms with van der Waals surface area (Å²) in [7, 11) is 1.42. The molecule has 1 aromatic heterocycles. The highest BCUT2D eigenvalue weighted by atomic mass is 16.5. The number of nitrogens with one attached hydrogen (secondary N) is 1. The molecule has 1 N–H and O–H groups in total. The number of ether oxygens (including phenoxy) is 2. The van der Waals surface area contributed by atoms with Gasteiger partial charge in [-0.1, -0.05) is 19.8 Å². The highest BCUT2D eigenvalue weighted by Gasteiger charge is 2.09. The molecular formula is C10H16N2O3. The molecule has 0 aliphatic heterocycles. The molecule has 0 bridgehead atoms. The first kappa shape index (κ1) is 11.6. The van der Waals surface area contributed by atoms with Crippen LogP contribution in [0.2, 0.25) is 0 Å². The monoisotopic (exact) mass is 212 g/mol. The van der Waals surface area contributed by atoms with Gasteiger partial charge in [0.05, 0.1) is 20.0 Å². The van der Waals surface area contributed by atoms with Gasteiger partial charge in [-0.15, -0.1) is 0 Å². The van der Waals surface area contributed by atoms with Crippen LogP contribution < -0.4 is 15.0 Å². The molecule has 0 spiro atoms. The SMILES string of the molecule is CCCCCOc1nc[nH]c(=O)c1OC. The minimum absolute atomic E-state index is 0.133. The summed E-state index contributed by atoms with van der Waals surface area (Å²) >= 11 is 0. The zero-order chi connectivity index (χ0) is 11.1. The van der Waals surface area contributed by atoms with Crippen LogP contribution in [0.15, 0.2) is 11.1 Å². The number of aromatic amines is 1. The van der Waals surface area contributed by atoms with E-state index in [1.165, 1.54) is 13.4 Å². The van der Waals surface area contributed by atoms with Gasteiger partial charge in [0.2, 0.25) is 5.75 Å². The Morgan fingerprint density at radius 2 is 2.27 bits per heavy atom. The molecule has 0 unspecified atom stereocenters. The molecule has 15 heavy (non-hydrogen) atoms. The third-order valence-corrected chi connectivity index (χ3v) is 1.97. The average Bonchev–Trinajstić information content (AvgIpc) is 2.24. The average molecular weight is 212 g/mol. The lowest BCUT2D eigenvalue weighted by atomic mass is 10.3. The van der Waals surface area contributed by atoms with Crippen molar-refractivity contribution in [2.45, 2.75) is 26.2 Å². The summed E-state index contributed by atoms with van der Waals surface area (Å²) in [4.78, 5) is 17.6. The molecule has 5 heteroatoms. The van der Waals surface area contributed by atoms with Gasteiger partial charge in [0.1, 0.15) is 0 Å². The molecular weight excluding hydrogens is 196 g/mol. The zero-order valence-corrected chi connectivity index (χ0v) is 9.08. The first-order valence-corrected chi connectivity index (χ1v) is 5.04. The van der Waals surface area contributed by atoms with Gasteiger partial charge in [-0.2, -0.15) is 0 Å². The van der Waals surface area contributed by atoms with Crippen molar-refractivity contribution in [3.8, 4) is 11.6 Å². The van der Waals surface area contributed by atoms with E-state index in [0.717, 1.165) is 19.3 Å². The van der Waals surface area contributed by atoms with Crippen LogP contribution in [-0.2, 0) is 0 Å². The summed E-state index contributed by atoms with van der Waals surface area (Å²) in [6, 6.07) is 0. The fourth-order valence-corrected chi connectivity index (χ4v) is 1.17. The van der Waals surface area contributed by atoms with E-state index in [-0.39, 0.29) is 17.2 Å². The fourth-order valence-electron chi connectivity index (χ4n) is 1.17. The van der Waals surface area contributed by atoms with Crippen molar-refractivity contribution in [2.75, 3.05) is 13.7 Å². The van der Waals surface area contributed by atoms with E-state index in [1.54, 1.807) is 0 Å². The van der Waals surface area contributed by atoms with Crippen LogP contribution in [0.25, 0.3) is 0 Å². The number of unbranched alkanes of at least 4 members (excludes halogenated alkanes) is 2. The molecule has 1 aromatic rings. The number of rotatable bonds is 6. The van der Waals surface area contributed by atoms with Crippen LogP contribution >= 0.6 is 0 Å². The summed E-state index contributed by atoms with van der Waals surface area (Å²) in [5, 5.41) is 0. The Labute approximate surface area is 88.4 Å². The molecule has 1 rings (SSSR count). The predicted octanol–water partition coefficient (Wildman–Crippen LogP) is 1.35. The quantitative estimate of drug-likeness (QED) is 0.723. The molecule has 0 aliphatic rings. The molecule has 0 saturated carbocycles. The van der Waals surface area contributed by atoms with Crippen molar-refractivity contribution in [3.05, 3.63) is 16.7 Å². The number of H-pyrrole nitrogens is 1. The standard InChI is InChI=1S/C10H16N2O3/c1-3-4-5-6-15-10-8(14-2)9(13)11-7-12-10/h7H,3-6H2,1-2H3,(H,11,12,13). The number of nitrogens with zero attached hydrogens (tertiary/aromatic N) is 1. The van der Waals surface area contributed by atoms with E-state index in [9.17, 15) is 4.79 Å². The van der Waals surface area contributed by atoms with E-state index in [0.29, 0.717) is 6.61 Å². The molecule has 0 atom stereocenters. The second-order valence-corrected chi connectivity index (χ2v) is 3.13. The van der Waals surface area contributed by atoms with E-state index in [2.05, 4.69) is 16.9 Å². The lowest BCUT2D eigenvalue weighted by Gasteiger charge is -2.07. The van der Waals surface area contributed by atoms with Crippen LogP contribution in [0.4, 0.5) is 0 Å². The Morgan fingerprint density at radius 3 is 2.93 bits per heavy atom. The van der Waals surface area contributed by atoms with Gasteiger partial charge in [-0.05, 0) is 6.42 Å². The molecule has 0 aliphatic carbocycles. The maximum Gasteiger partial charge on any atom is 0.297 e. The van der Waals surface area contributed by atoms with Crippen LogP contribution in [0, 0.1) is 0 Å². The maximum absolute atomic E-state index is 11.3. The first-order chi connectivity index (χ1) is 7.29. The molecule has 1 heterocycles. The van der Waals surface area contributed by atoms with Gasteiger partial charge in [0, 0.05) is 0 Å². The fraction of sp³-hybridized carbons (Fsp3) is 0.600. The third kappa shape index (κ3) is 3.27. The van der Waals surface area contributed by atoms with Gasteiger partial charge >= 0.3 is 0 Å². The number of hydrogen-bond acceptors (Lipinski definition) is 4. The summed E-state index contributed by atoms with van der Waals surface area (Å²) < 4.78 is 10.3. The molecule has 0 saturated heterocycles. The van der Waals surface area contributed by atoms with E-state index < -0.39 is 0 Å². The third-order valence-electron chi connectivity index (χ3n) is 1.97. The second-order valence-electron chi connectivity index (χ2n) is 3.13. The Balaban J connectivity index is 2.60. The summed E-state index contributed by atoms with van der Waals surface area (Å²) in [5.74, 6) is 0.395. The van der Waals surface area contributed by atoms with Crippen molar-refractivity contribution in [1.29, 1.82) is 0 Å². The van der Waals surface area contributed by atoms with E-state index in [1.807, 2.05) is 0 Å². The van der Waals surface area contributed by atoms with Gasteiger partial charge in [0.15, 0.2) is 0 Å². The largest absolute Gasteiger partial charge is 0.487 e. The Hall–Kier alpha value is -1.52. The number of aromatic nitrogens is 2. The molecule has 5 nitrogen and oxygen atoms in total. The molecule has 0 aromatic carbocycles. The van der Waals surface area contributed by atoms with Crippen molar-refractivity contribution >= 4 is 0 Å². The minimum atomic E-state index is -0.321. The zero-order valence-electron chi connectivity index (χ0n) is 9.08. The smallest absolute Gasteiger partial charge is 0.297 e. The lowest BCUT2D eigenvalue weighted by Crippen LogP contribution is -2.12. The lowest BCUT2D eigenvalue weighted by molar-refractivity contribution is 0.272. The molecule has 0 amide bonds. The maximum atomic E-state index is 11.3. The highest BCUT2D eigenvalue weighted by molar-refractivity contribution is 5.29. The van der Waals surface area contributed by atoms with Crippen LogP contribution in [0.5, 0.6) is 11.6 Å². The van der Waals surface area contributed by atoms with Crippen LogP contribution in [-0.4, -0.2) is 23.7 Å². The Bertz CT molecular complexity index is 349. The summed E-state index contributed by atoms with van der Waals surface area (Å²) in [6.45, 7) is 2.67. The van der Waals surface area contributed by atoms with Crippen molar-refractivity contribution < 1.29 is 9.47 Å². The van der Waals surface area contributed by atoms with Crippen molar-refractivity contribution in [1.82, 2.24) is 9.97 Å². The number of methoxy groups -OCH3 is 1. The van der Waals surface area contributed by atoms with Crippen LogP contribution in [0.3, 0.4) is 0 Å². The topological polar surface area (TPSA) is 64.2 Å². The minimum Gasteiger partial charge on any atom is -0.487 e. The van der Waals surface area contributed by atoms with Gasteiger partial charge in [0.25, 0.3) is 11.4 Å². The highest BCUT2D eigenvalue weighted by Crippen LogP contribution is 2.17. The molecule has 0 fully saturated rings. The molecule has 84 valence electrons. The van der Waals surface area contributed by atoms with Crippen LogP contribution in [0.1, 0.15) is 26.2 Å². The second kappa shape index (κ2) is 6.06. The van der Waals surface area contributed by atoms with E-state index >= 15 is 0 Å². The van der Waals surface area contributed by atoms with Gasteiger partial charge in [-0.3, -0.25) is 4.79 Å². The summed E-state index contributed by atoms with van der Waals surface area (Å²) in [5.41, 5.74) is -0.321. The number of hydrogen-bond donors (Lipinski definition) is 1. The van der Waals surface area contributed by atoms with Crippen molar-refractivity contribution in [2.24, 2.45) is 0 Å². The first-order valence-electron chi connectivity index (χ1n) is 5.04. The Kier molecular flexibility index (Phi) is 4.66. The van der Waals surface area contributed by atoms with Gasteiger partial charge in [-0.25, -0.2) is 4.98 Å². The van der Waals surface area contributed by atoms with E-state index in [4.69, 9.17) is 9.47 Å². The Morgan fingerprint density at radius 1 is 1.47 bits per heavy atom. The predicted molar refractivity (Wildman–Crippen MR) is 56.4 cm³/mol. The summed E-state index contributed by atoms with van der Waals surface area (Å²) in [6.07, 6.45) is 4.49. The van der Waals surface area contributed by atoms with Crippen molar-refractivity contribution in [3.63, 3.8) is 0 Å². The van der Waals surface area contributed by atoms with Gasteiger partial charge < -0.3 is 14.5 Å². The normalized spacial score (nSPS) is 10.0.